The number of aromatic nitrogens is 1. The molecular weight excluding hydrogens is 210 g/mol. The molecule has 1 aromatic heterocycles. The van der Waals surface area contributed by atoms with Crippen molar-refractivity contribution in [3.8, 4) is 0 Å². The molecule has 1 saturated heterocycles. The van der Waals surface area contributed by atoms with Crippen LogP contribution in [0.3, 0.4) is 0 Å². The van der Waals surface area contributed by atoms with Gasteiger partial charge in [-0.15, -0.1) is 11.3 Å². The molecule has 0 amide bonds. The number of ether oxygens (including phenoxy) is 1. The SMILES string of the molecule is CC1CCOC1C(Cc1cncs1)NN. The summed E-state index contributed by atoms with van der Waals surface area (Å²) in [6, 6.07) is 0.197. The molecule has 3 unspecified atom stereocenters. The van der Waals surface area contributed by atoms with Gasteiger partial charge in [0, 0.05) is 24.1 Å². The van der Waals surface area contributed by atoms with Gasteiger partial charge in [0.1, 0.15) is 0 Å². The Morgan fingerprint density at radius 3 is 3.20 bits per heavy atom. The Hall–Kier alpha value is -0.490. The van der Waals surface area contributed by atoms with Gasteiger partial charge >= 0.3 is 0 Å². The van der Waals surface area contributed by atoms with E-state index >= 15 is 0 Å². The van der Waals surface area contributed by atoms with Crippen LogP contribution in [0.2, 0.25) is 0 Å². The third-order valence-electron chi connectivity index (χ3n) is 2.96. The molecule has 0 aromatic carbocycles. The molecule has 15 heavy (non-hydrogen) atoms. The molecule has 0 saturated carbocycles. The lowest BCUT2D eigenvalue weighted by Gasteiger charge is -2.24. The van der Waals surface area contributed by atoms with Crippen LogP contribution in [0.1, 0.15) is 18.2 Å². The number of thiazole rings is 1. The molecule has 1 fully saturated rings. The highest BCUT2D eigenvalue weighted by molar-refractivity contribution is 7.09. The lowest BCUT2D eigenvalue weighted by atomic mass is 9.96. The van der Waals surface area contributed by atoms with E-state index in [1.807, 2.05) is 11.7 Å². The Kier molecular flexibility index (Phi) is 3.69. The summed E-state index contributed by atoms with van der Waals surface area (Å²) in [5, 5.41) is 0. The van der Waals surface area contributed by atoms with Crippen molar-refractivity contribution in [2.24, 2.45) is 11.8 Å². The summed E-state index contributed by atoms with van der Waals surface area (Å²) in [6.45, 7) is 3.07. The molecule has 2 heterocycles. The average molecular weight is 227 g/mol. The summed E-state index contributed by atoms with van der Waals surface area (Å²) in [4.78, 5) is 5.31. The van der Waals surface area contributed by atoms with Gasteiger partial charge in [0.05, 0.1) is 17.7 Å². The van der Waals surface area contributed by atoms with Crippen molar-refractivity contribution in [3.05, 3.63) is 16.6 Å². The molecule has 3 atom stereocenters. The summed E-state index contributed by atoms with van der Waals surface area (Å²) >= 11 is 1.66. The molecular formula is C10H17N3OS. The zero-order valence-electron chi connectivity index (χ0n) is 8.85. The van der Waals surface area contributed by atoms with Crippen molar-refractivity contribution in [2.75, 3.05) is 6.61 Å². The van der Waals surface area contributed by atoms with Crippen LogP contribution in [0.15, 0.2) is 11.7 Å². The number of nitrogens with one attached hydrogen (secondary N) is 1. The summed E-state index contributed by atoms with van der Waals surface area (Å²) in [6.07, 6.45) is 4.16. The zero-order valence-corrected chi connectivity index (χ0v) is 9.67. The smallest absolute Gasteiger partial charge is 0.0794 e. The second-order valence-electron chi connectivity index (χ2n) is 4.05. The van der Waals surface area contributed by atoms with Gasteiger partial charge in [-0.3, -0.25) is 16.3 Å². The van der Waals surface area contributed by atoms with Gasteiger partial charge in [-0.1, -0.05) is 6.92 Å². The highest BCUT2D eigenvalue weighted by Gasteiger charge is 2.31. The van der Waals surface area contributed by atoms with Crippen LogP contribution in [-0.2, 0) is 11.2 Å². The highest BCUT2D eigenvalue weighted by Crippen LogP contribution is 2.24. The molecule has 1 aliphatic rings. The van der Waals surface area contributed by atoms with Gasteiger partial charge in [-0.2, -0.15) is 0 Å². The van der Waals surface area contributed by atoms with Gasteiger partial charge in [0.15, 0.2) is 0 Å². The molecule has 1 aliphatic heterocycles. The van der Waals surface area contributed by atoms with E-state index in [1.165, 1.54) is 4.88 Å². The Labute approximate surface area is 93.8 Å². The first kappa shape index (κ1) is 11.0. The Morgan fingerprint density at radius 2 is 2.67 bits per heavy atom. The Morgan fingerprint density at radius 1 is 1.80 bits per heavy atom. The molecule has 1 aromatic rings. The van der Waals surface area contributed by atoms with Gasteiger partial charge in [-0.25, -0.2) is 0 Å². The molecule has 0 radical (unpaired) electrons. The van der Waals surface area contributed by atoms with E-state index in [9.17, 15) is 0 Å². The van der Waals surface area contributed by atoms with E-state index in [4.69, 9.17) is 10.6 Å². The van der Waals surface area contributed by atoms with Crippen molar-refractivity contribution < 1.29 is 4.74 Å². The second-order valence-corrected chi connectivity index (χ2v) is 5.02. The fourth-order valence-electron chi connectivity index (χ4n) is 2.06. The van der Waals surface area contributed by atoms with Crippen LogP contribution in [0.5, 0.6) is 0 Å². The highest BCUT2D eigenvalue weighted by atomic mass is 32.1. The van der Waals surface area contributed by atoms with Crippen LogP contribution >= 0.6 is 11.3 Å². The molecule has 4 nitrogen and oxygen atoms in total. The minimum Gasteiger partial charge on any atom is -0.376 e. The van der Waals surface area contributed by atoms with E-state index in [0.717, 1.165) is 19.4 Å². The van der Waals surface area contributed by atoms with Crippen LogP contribution < -0.4 is 11.3 Å². The molecule has 0 bridgehead atoms. The van der Waals surface area contributed by atoms with Gasteiger partial charge < -0.3 is 4.74 Å². The lowest BCUT2D eigenvalue weighted by molar-refractivity contribution is 0.0612. The van der Waals surface area contributed by atoms with Crippen molar-refractivity contribution in [1.29, 1.82) is 0 Å². The molecule has 0 spiro atoms. The number of hydrogen-bond donors (Lipinski definition) is 2. The maximum Gasteiger partial charge on any atom is 0.0794 e. The first-order valence-corrected chi connectivity index (χ1v) is 6.14. The minimum absolute atomic E-state index is 0.197. The van der Waals surface area contributed by atoms with Crippen molar-refractivity contribution in [2.45, 2.75) is 31.9 Å². The molecule has 0 aliphatic carbocycles. The van der Waals surface area contributed by atoms with E-state index in [1.54, 1.807) is 11.3 Å². The van der Waals surface area contributed by atoms with Gasteiger partial charge in [-0.05, 0) is 12.3 Å². The maximum atomic E-state index is 5.71. The monoisotopic (exact) mass is 227 g/mol. The summed E-state index contributed by atoms with van der Waals surface area (Å²) in [7, 11) is 0. The minimum atomic E-state index is 0.197. The van der Waals surface area contributed by atoms with E-state index in [0.29, 0.717) is 5.92 Å². The topological polar surface area (TPSA) is 60.2 Å². The predicted octanol–water partition coefficient (Wildman–Crippen LogP) is 0.942. The fraction of sp³-hybridized carbons (Fsp3) is 0.700. The van der Waals surface area contributed by atoms with Gasteiger partial charge in [0.2, 0.25) is 0 Å². The Balaban J connectivity index is 1.97. The number of nitrogens with zero attached hydrogens (tertiary/aromatic N) is 1. The van der Waals surface area contributed by atoms with Crippen molar-refractivity contribution >= 4 is 11.3 Å². The normalized spacial score (nSPS) is 28.1. The molecule has 2 rings (SSSR count). The second kappa shape index (κ2) is 5.03. The molecule has 3 N–H and O–H groups in total. The van der Waals surface area contributed by atoms with Crippen LogP contribution in [0.4, 0.5) is 0 Å². The van der Waals surface area contributed by atoms with Crippen molar-refractivity contribution in [1.82, 2.24) is 10.4 Å². The molecule has 84 valence electrons. The number of nitrogens with two attached hydrogens (primary N) is 1. The first-order valence-electron chi connectivity index (χ1n) is 5.26. The maximum absolute atomic E-state index is 5.71. The van der Waals surface area contributed by atoms with Gasteiger partial charge in [0.25, 0.3) is 0 Å². The largest absolute Gasteiger partial charge is 0.376 e. The third kappa shape index (κ3) is 2.55. The summed E-state index contributed by atoms with van der Waals surface area (Å²) in [5.41, 5.74) is 4.72. The standard InChI is InChI=1S/C10H17N3OS/c1-7-2-3-14-10(7)9(13-11)4-8-5-12-6-15-8/h5-7,9-10,13H,2-4,11H2,1H3. The van der Waals surface area contributed by atoms with Crippen LogP contribution in [0.25, 0.3) is 0 Å². The number of rotatable bonds is 4. The first-order chi connectivity index (χ1) is 7.31. The van der Waals surface area contributed by atoms with Crippen molar-refractivity contribution in [3.63, 3.8) is 0 Å². The van der Waals surface area contributed by atoms with E-state index in [2.05, 4.69) is 17.3 Å². The van der Waals surface area contributed by atoms with E-state index in [-0.39, 0.29) is 12.1 Å². The fourth-order valence-corrected chi connectivity index (χ4v) is 2.72. The zero-order chi connectivity index (χ0) is 10.7. The number of hydrazine groups is 1. The van der Waals surface area contributed by atoms with E-state index < -0.39 is 0 Å². The quantitative estimate of drug-likeness (QED) is 0.594. The summed E-state index contributed by atoms with van der Waals surface area (Å²) < 4.78 is 5.71. The van der Waals surface area contributed by atoms with Crippen LogP contribution in [0, 0.1) is 5.92 Å². The average Bonchev–Trinajstić information content (AvgIpc) is 2.85. The number of hydrogen-bond acceptors (Lipinski definition) is 5. The molecule has 5 heteroatoms. The Bertz CT molecular complexity index is 291. The summed E-state index contributed by atoms with van der Waals surface area (Å²) in [5.74, 6) is 6.17. The predicted molar refractivity (Wildman–Crippen MR) is 60.5 cm³/mol. The third-order valence-corrected chi connectivity index (χ3v) is 3.76. The van der Waals surface area contributed by atoms with Crippen LogP contribution in [-0.4, -0.2) is 23.7 Å². The lowest BCUT2D eigenvalue weighted by Crippen LogP contribution is -2.47.